The lowest BCUT2D eigenvalue weighted by atomic mass is 9.44. The Morgan fingerprint density at radius 3 is 2.22 bits per heavy atom. The fraction of sp³-hybridized carbons (Fsp3) is 0.857. The van der Waals surface area contributed by atoms with Crippen molar-refractivity contribution in [3.8, 4) is 0 Å². The first kappa shape index (κ1) is 23.8. The molecule has 0 spiro atoms. The molecule has 4 rings (SSSR count). The van der Waals surface area contributed by atoms with E-state index in [-0.39, 0.29) is 23.4 Å². The highest BCUT2D eigenvalue weighted by molar-refractivity contribution is 5.81. The van der Waals surface area contributed by atoms with Crippen LogP contribution in [0.25, 0.3) is 0 Å². The summed E-state index contributed by atoms with van der Waals surface area (Å²) in [5.74, 6) is 2.58. The van der Waals surface area contributed by atoms with Crippen molar-refractivity contribution in [3.05, 3.63) is 11.6 Å². The number of fused-ring (bicyclic) bond motifs is 5. The van der Waals surface area contributed by atoms with Gasteiger partial charge in [-0.1, -0.05) is 19.4 Å². The Labute approximate surface area is 195 Å². The third kappa shape index (κ3) is 3.74. The molecule has 0 bridgehead atoms. The summed E-state index contributed by atoms with van der Waals surface area (Å²) in [6.45, 7) is 13.6. The minimum absolute atomic E-state index is 0.145. The molecule has 180 valence electrons. The van der Waals surface area contributed by atoms with E-state index < -0.39 is 5.97 Å². The molecule has 4 heteroatoms. The van der Waals surface area contributed by atoms with Crippen molar-refractivity contribution in [2.24, 2.45) is 40.4 Å². The SMILES string of the molecule is CC(C)N(C(=O)[C@H]1CC[C@H]2[C@@H]3CC[C@H]4C/C(=C/C(=O)O)CC[C@]4(C)[C@H]3CC[C@]12C)C(C)C. The lowest BCUT2D eigenvalue weighted by Gasteiger charge is -2.60. The monoisotopic (exact) mass is 443 g/mol. The van der Waals surface area contributed by atoms with Crippen molar-refractivity contribution in [2.45, 2.75) is 111 Å². The third-order valence-corrected chi connectivity index (χ3v) is 10.6. The van der Waals surface area contributed by atoms with Crippen LogP contribution in [0.5, 0.6) is 0 Å². The Kier molecular flexibility index (Phi) is 6.31. The molecule has 7 atom stereocenters. The zero-order chi connectivity index (χ0) is 23.4. The molecule has 4 aliphatic carbocycles. The van der Waals surface area contributed by atoms with Gasteiger partial charge < -0.3 is 10.0 Å². The zero-order valence-electron chi connectivity index (χ0n) is 21.2. The normalized spacial score (nSPS) is 42.5. The minimum Gasteiger partial charge on any atom is -0.478 e. The molecule has 0 aromatic heterocycles. The first-order valence-corrected chi connectivity index (χ1v) is 13.2. The molecular formula is C28H45NO3. The second kappa shape index (κ2) is 8.47. The molecular weight excluding hydrogens is 398 g/mol. The Balaban J connectivity index is 1.54. The maximum atomic E-state index is 13.7. The van der Waals surface area contributed by atoms with Crippen molar-refractivity contribution >= 4 is 11.9 Å². The van der Waals surface area contributed by atoms with E-state index in [9.17, 15) is 14.7 Å². The van der Waals surface area contributed by atoms with E-state index in [0.717, 1.165) is 43.1 Å². The summed E-state index contributed by atoms with van der Waals surface area (Å²) >= 11 is 0. The molecule has 4 fully saturated rings. The van der Waals surface area contributed by atoms with E-state index in [1.54, 1.807) is 0 Å². The zero-order valence-corrected chi connectivity index (χ0v) is 21.2. The maximum Gasteiger partial charge on any atom is 0.328 e. The van der Waals surface area contributed by atoms with Crippen molar-refractivity contribution in [1.29, 1.82) is 0 Å². The van der Waals surface area contributed by atoms with E-state index in [4.69, 9.17) is 0 Å². The van der Waals surface area contributed by atoms with Gasteiger partial charge in [-0.25, -0.2) is 4.79 Å². The summed E-state index contributed by atoms with van der Waals surface area (Å²) in [5, 5.41) is 9.21. The van der Waals surface area contributed by atoms with Gasteiger partial charge in [0.05, 0.1) is 0 Å². The van der Waals surface area contributed by atoms with Gasteiger partial charge in [-0.05, 0) is 120 Å². The predicted octanol–water partition coefficient (Wildman–Crippen LogP) is 6.30. The average molecular weight is 444 g/mol. The highest BCUT2D eigenvalue weighted by Gasteiger charge is 2.61. The van der Waals surface area contributed by atoms with Crippen LogP contribution < -0.4 is 0 Å². The summed E-state index contributed by atoms with van der Waals surface area (Å²) in [7, 11) is 0. The van der Waals surface area contributed by atoms with Crippen LogP contribution in [0.2, 0.25) is 0 Å². The molecule has 1 N–H and O–H groups in total. The first-order valence-electron chi connectivity index (χ1n) is 13.2. The summed E-state index contributed by atoms with van der Waals surface area (Å²) < 4.78 is 0. The van der Waals surface area contributed by atoms with E-state index in [2.05, 4.69) is 46.4 Å². The van der Waals surface area contributed by atoms with Crippen LogP contribution in [-0.2, 0) is 9.59 Å². The number of hydrogen-bond acceptors (Lipinski definition) is 2. The first-order chi connectivity index (χ1) is 15.0. The number of carbonyl (C=O) groups is 2. The summed E-state index contributed by atoms with van der Waals surface area (Å²) in [6, 6.07) is 0.511. The number of carbonyl (C=O) groups excluding carboxylic acids is 1. The molecule has 4 aliphatic rings. The van der Waals surface area contributed by atoms with Crippen LogP contribution in [0.3, 0.4) is 0 Å². The van der Waals surface area contributed by atoms with Crippen LogP contribution in [0.15, 0.2) is 11.6 Å². The molecule has 0 aromatic carbocycles. The summed E-state index contributed by atoms with van der Waals surface area (Å²) in [5.41, 5.74) is 1.63. The number of hydrogen-bond donors (Lipinski definition) is 1. The largest absolute Gasteiger partial charge is 0.478 e. The lowest BCUT2D eigenvalue weighted by molar-refractivity contribution is -0.149. The van der Waals surface area contributed by atoms with Crippen LogP contribution >= 0.6 is 0 Å². The smallest absolute Gasteiger partial charge is 0.328 e. The standard InChI is InChI=1S/C28H45NO3/c1-17(2)29(18(3)4)26(32)24-10-9-22-21-8-7-20-15-19(16-25(30)31)11-13-27(20,5)23(21)12-14-28(22,24)6/h16-18,20-24H,7-15H2,1-6H3,(H,30,31)/b19-16+/t20-,21-,22-,23-,24+,27-,28-/m0/s1. The quantitative estimate of drug-likeness (QED) is 0.519. The van der Waals surface area contributed by atoms with Gasteiger partial charge in [0.1, 0.15) is 0 Å². The van der Waals surface area contributed by atoms with Gasteiger partial charge in [-0.15, -0.1) is 0 Å². The summed E-state index contributed by atoms with van der Waals surface area (Å²) in [4.78, 5) is 27.1. The average Bonchev–Trinajstić information content (AvgIpc) is 3.04. The van der Waals surface area contributed by atoms with Crippen molar-refractivity contribution < 1.29 is 14.7 Å². The predicted molar refractivity (Wildman–Crippen MR) is 128 cm³/mol. The number of carboxylic acids is 1. The summed E-state index contributed by atoms with van der Waals surface area (Å²) in [6.07, 6.45) is 11.7. The molecule has 0 radical (unpaired) electrons. The van der Waals surface area contributed by atoms with E-state index in [1.807, 2.05) is 0 Å². The van der Waals surface area contributed by atoms with E-state index >= 15 is 0 Å². The third-order valence-electron chi connectivity index (χ3n) is 10.6. The molecule has 0 aromatic rings. The van der Waals surface area contributed by atoms with Gasteiger partial charge in [-0.2, -0.15) is 0 Å². The second-order valence-electron chi connectivity index (χ2n) is 12.6. The highest BCUT2D eigenvalue weighted by Crippen LogP contribution is 2.67. The van der Waals surface area contributed by atoms with Gasteiger partial charge in [0.2, 0.25) is 5.91 Å². The van der Waals surface area contributed by atoms with Crippen LogP contribution in [-0.4, -0.2) is 34.0 Å². The van der Waals surface area contributed by atoms with Gasteiger partial charge in [-0.3, -0.25) is 4.79 Å². The van der Waals surface area contributed by atoms with Gasteiger partial charge in [0.15, 0.2) is 0 Å². The molecule has 0 unspecified atom stereocenters. The Morgan fingerprint density at radius 1 is 0.938 bits per heavy atom. The van der Waals surface area contributed by atoms with Crippen LogP contribution in [0.1, 0.15) is 99.3 Å². The van der Waals surface area contributed by atoms with Gasteiger partial charge in [0.25, 0.3) is 0 Å². The van der Waals surface area contributed by atoms with Gasteiger partial charge in [0, 0.05) is 24.1 Å². The van der Waals surface area contributed by atoms with Crippen molar-refractivity contribution in [3.63, 3.8) is 0 Å². The minimum atomic E-state index is -0.788. The highest BCUT2D eigenvalue weighted by atomic mass is 16.4. The van der Waals surface area contributed by atoms with Gasteiger partial charge >= 0.3 is 5.97 Å². The number of carboxylic acid groups (broad SMARTS) is 1. The molecule has 4 nitrogen and oxygen atoms in total. The van der Waals surface area contributed by atoms with Crippen molar-refractivity contribution in [1.82, 2.24) is 4.90 Å². The molecule has 4 saturated carbocycles. The fourth-order valence-electron chi connectivity index (χ4n) is 9.10. The molecule has 1 amide bonds. The maximum absolute atomic E-state index is 13.7. The fourth-order valence-corrected chi connectivity index (χ4v) is 9.10. The lowest BCUT2D eigenvalue weighted by Crippen LogP contribution is -2.55. The Morgan fingerprint density at radius 2 is 1.59 bits per heavy atom. The van der Waals surface area contributed by atoms with E-state index in [0.29, 0.717) is 23.2 Å². The second-order valence-corrected chi connectivity index (χ2v) is 12.6. The number of aliphatic carboxylic acids is 1. The number of amides is 1. The van der Waals surface area contributed by atoms with Crippen LogP contribution in [0.4, 0.5) is 0 Å². The Bertz CT molecular complexity index is 778. The Hall–Kier alpha value is -1.32. The number of rotatable bonds is 4. The van der Waals surface area contributed by atoms with Crippen LogP contribution in [0, 0.1) is 40.4 Å². The molecule has 0 saturated heterocycles. The molecule has 0 heterocycles. The van der Waals surface area contributed by atoms with Crippen molar-refractivity contribution in [2.75, 3.05) is 0 Å². The van der Waals surface area contributed by atoms with E-state index in [1.165, 1.54) is 38.2 Å². The topological polar surface area (TPSA) is 57.6 Å². The number of allylic oxidation sites excluding steroid dienone is 1. The molecule has 32 heavy (non-hydrogen) atoms. The molecule has 0 aliphatic heterocycles. The number of nitrogens with zero attached hydrogens (tertiary/aromatic N) is 1.